The van der Waals surface area contributed by atoms with Crippen molar-refractivity contribution in [3.05, 3.63) is 71.7 Å². The van der Waals surface area contributed by atoms with E-state index < -0.39 is 5.97 Å². The number of thiazole rings is 1. The summed E-state index contributed by atoms with van der Waals surface area (Å²) < 4.78 is 2.84. The van der Waals surface area contributed by atoms with Crippen molar-refractivity contribution in [2.75, 3.05) is 11.9 Å². The summed E-state index contributed by atoms with van der Waals surface area (Å²) in [6.07, 6.45) is 11.3. The van der Waals surface area contributed by atoms with E-state index in [1.54, 1.807) is 28.0 Å². The maximum Gasteiger partial charge on any atom is 0.355 e. The standard InChI is InChI=1S/C35H36N8O2S/c1-19-24-9-10-43(32(24)42-41-31(19)40-34-38-27-5-3-4-6-28(27)46-34)29-8-7-25(30(39-29)33(44)45)26(17-36)20(2)37-18-35-14-21-11-22(15-35)13-23(12-21)16-35/h3-10,17,21-23H,11-16,18,36H2,1-2H3,(H,44,45)(H,38,40,41). The molecule has 5 aromatic rings. The molecule has 46 heavy (non-hydrogen) atoms. The zero-order valence-corrected chi connectivity index (χ0v) is 26.7. The highest BCUT2D eigenvalue weighted by Gasteiger charge is 2.50. The fourth-order valence-corrected chi connectivity index (χ4v) is 9.54. The van der Waals surface area contributed by atoms with Crippen molar-refractivity contribution in [2.24, 2.45) is 33.9 Å². The van der Waals surface area contributed by atoms with Gasteiger partial charge in [-0.05, 0) is 106 Å². The number of anilines is 2. The summed E-state index contributed by atoms with van der Waals surface area (Å²) in [4.78, 5) is 26.8. The third-order valence-electron chi connectivity index (χ3n) is 10.4. The molecule has 4 aliphatic carbocycles. The lowest BCUT2D eigenvalue weighted by molar-refractivity contribution is -0.0464. The van der Waals surface area contributed by atoms with Crippen LogP contribution in [0.3, 0.4) is 0 Å². The Balaban J connectivity index is 1.07. The van der Waals surface area contributed by atoms with Crippen LogP contribution in [0.2, 0.25) is 0 Å². The number of para-hydroxylation sites is 1. The number of carboxylic acid groups (broad SMARTS) is 1. The van der Waals surface area contributed by atoms with Gasteiger partial charge < -0.3 is 16.2 Å². The van der Waals surface area contributed by atoms with Gasteiger partial charge in [0.15, 0.2) is 22.3 Å². The number of allylic oxidation sites excluding steroid dienone is 1. The Morgan fingerprint density at radius 3 is 2.52 bits per heavy atom. The van der Waals surface area contributed by atoms with E-state index >= 15 is 0 Å². The zero-order chi connectivity index (χ0) is 31.6. The van der Waals surface area contributed by atoms with Gasteiger partial charge in [-0.1, -0.05) is 23.5 Å². The van der Waals surface area contributed by atoms with Crippen LogP contribution >= 0.6 is 11.3 Å². The summed E-state index contributed by atoms with van der Waals surface area (Å²) in [6.45, 7) is 4.67. The van der Waals surface area contributed by atoms with Gasteiger partial charge in [0.25, 0.3) is 0 Å². The average Bonchev–Trinajstić information content (AvgIpc) is 3.66. The molecule has 4 bridgehead atoms. The minimum Gasteiger partial charge on any atom is -0.476 e. The quantitative estimate of drug-likeness (QED) is 0.153. The number of pyridine rings is 1. The maximum atomic E-state index is 12.6. The van der Waals surface area contributed by atoms with Crippen LogP contribution in [0.5, 0.6) is 0 Å². The Kier molecular flexibility index (Phi) is 6.89. The van der Waals surface area contributed by atoms with Crippen molar-refractivity contribution in [3.8, 4) is 5.82 Å². The van der Waals surface area contributed by atoms with E-state index in [1.807, 2.05) is 50.4 Å². The zero-order valence-electron chi connectivity index (χ0n) is 25.9. The second-order valence-corrected chi connectivity index (χ2v) is 14.5. The van der Waals surface area contributed by atoms with Crippen molar-refractivity contribution in [2.45, 2.75) is 52.4 Å². The minimum absolute atomic E-state index is 0.0841. The van der Waals surface area contributed by atoms with Crippen molar-refractivity contribution >= 4 is 60.8 Å². The number of nitrogens with two attached hydrogens (primary N) is 1. The SMILES string of the molecule is CC(=NCC12CC3CC(CC(C3)C1)C2)C(=CN)c1ccc(-n2ccc3c(C)c(Nc4nc5ccccc5s4)nnc32)nc1C(=O)O. The summed E-state index contributed by atoms with van der Waals surface area (Å²) in [5.74, 6) is 2.45. The molecule has 4 N–H and O–H groups in total. The molecule has 9 rings (SSSR count). The molecule has 11 heteroatoms. The number of hydrogen-bond acceptors (Lipinski definition) is 9. The fourth-order valence-electron chi connectivity index (χ4n) is 8.67. The summed E-state index contributed by atoms with van der Waals surface area (Å²) in [5, 5.41) is 24.1. The van der Waals surface area contributed by atoms with E-state index in [4.69, 9.17) is 10.7 Å². The summed E-state index contributed by atoms with van der Waals surface area (Å²) in [6, 6.07) is 13.5. The van der Waals surface area contributed by atoms with Gasteiger partial charge in [-0.25, -0.2) is 14.8 Å². The number of rotatable bonds is 8. The molecule has 4 heterocycles. The van der Waals surface area contributed by atoms with Crippen LogP contribution in [0.4, 0.5) is 10.9 Å². The van der Waals surface area contributed by atoms with Gasteiger partial charge in [-0.2, -0.15) is 0 Å². The van der Waals surface area contributed by atoms with E-state index in [0.29, 0.717) is 28.4 Å². The first-order valence-electron chi connectivity index (χ1n) is 15.9. The monoisotopic (exact) mass is 632 g/mol. The van der Waals surface area contributed by atoms with Crippen LogP contribution < -0.4 is 11.1 Å². The van der Waals surface area contributed by atoms with Gasteiger partial charge in [0.1, 0.15) is 5.82 Å². The maximum absolute atomic E-state index is 12.6. The molecule has 0 aliphatic heterocycles. The molecule has 10 nitrogen and oxygen atoms in total. The Morgan fingerprint density at radius 1 is 1.09 bits per heavy atom. The van der Waals surface area contributed by atoms with Gasteiger partial charge in [0.05, 0.1) is 10.2 Å². The number of carboxylic acids is 1. The van der Waals surface area contributed by atoms with E-state index in [-0.39, 0.29) is 11.1 Å². The van der Waals surface area contributed by atoms with Crippen LogP contribution in [0, 0.1) is 30.1 Å². The van der Waals surface area contributed by atoms with Crippen molar-refractivity contribution in [1.82, 2.24) is 24.7 Å². The molecule has 4 aliphatic rings. The highest BCUT2D eigenvalue weighted by Crippen LogP contribution is 2.60. The fraction of sp³-hybridized carbons (Fsp3) is 0.371. The predicted molar refractivity (Wildman–Crippen MR) is 182 cm³/mol. The number of aromatic nitrogens is 5. The number of aromatic carboxylic acids is 1. The molecule has 0 spiro atoms. The largest absolute Gasteiger partial charge is 0.476 e. The van der Waals surface area contributed by atoms with Crippen LogP contribution in [-0.2, 0) is 0 Å². The van der Waals surface area contributed by atoms with Crippen molar-refractivity contribution in [3.63, 3.8) is 0 Å². The van der Waals surface area contributed by atoms with E-state index in [1.165, 1.54) is 44.7 Å². The van der Waals surface area contributed by atoms with Gasteiger partial charge in [-0.15, -0.1) is 10.2 Å². The molecule has 0 amide bonds. The molecule has 0 saturated heterocycles. The normalized spacial score (nSPS) is 24.3. The lowest BCUT2D eigenvalue weighted by Gasteiger charge is -2.56. The van der Waals surface area contributed by atoms with Crippen molar-refractivity contribution < 1.29 is 9.90 Å². The Bertz CT molecular complexity index is 2010. The number of hydrogen-bond donors (Lipinski definition) is 3. The topological polar surface area (TPSA) is 144 Å². The number of nitrogens with zero attached hydrogens (tertiary/aromatic N) is 6. The predicted octanol–water partition coefficient (Wildman–Crippen LogP) is 7.15. The molecular weight excluding hydrogens is 597 g/mol. The first kappa shape index (κ1) is 28.8. The molecule has 0 radical (unpaired) electrons. The summed E-state index contributed by atoms with van der Waals surface area (Å²) in [5.41, 5.74) is 10.5. The van der Waals surface area contributed by atoms with Crippen LogP contribution in [0.15, 0.2) is 59.9 Å². The van der Waals surface area contributed by atoms with Gasteiger partial charge in [-0.3, -0.25) is 9.56 Å². The van der Waals surface area contributed by atoms with E-state index in [9.17, 15) is 9.90 Å². The lowest BCUT2D eigenvalue weighted by atomic mass is 9.49. The minimum atomic E-state index is -1.13. The van der Waals surface area contributed by atoms with Crippen molar-refractivity contribution in [1.29, 1.82) is 0 Å². The second kappa shape index (κ2) is 11.0. The Labute approximate surface area is 270 Å². The van der Waals surface area contributed by atoms with Gasteiger partial charge in [0.2, 0.25) is 0 Å². The number of aryl methyl sites for hydroxylation is 1. The average molecular weight is 633 g/mol. The number of fused-ring (bicyclic) bond motifs is 2. The Morgan fingerprint density at radius 2 is 1.83 bits per heavy atom. The first-order chi connectivity index (χ1) is 22.3. The van der Waals surface area contributed by atoms with E-state index in [0.717, 1.165) is 56.3 Å². The number of nitrogens with one attached hydrogen (secondary N) is 1. The number of benzene rings is 1. The smallest absolute Gasteiger partial charge is 0.355 e. The third kappa shape index (κ3) is 4.93. The van der Waals surface area contributed by atoms with Gasteiger partial charge in [0, 0.05) is 46.7 Å². The molecule has 0 unspecified atom stereocenters. The molecular formula is C35H36N8O2S. The highest BCUT2D eigenvalue weighted by molar-refractivity contribution is 7.22. The highest BCUT2D eigenvalue weighted by atomic mass is 32.1. The first-order valence-corrected chi connectivity index (χ1v) is 16.8. The summed E-state index contributed by atoms with van der Waals surface area (Å²) in [7, 11) is 0. The molecule has 4 fully saturated rings. The van der Waals surface area contributed by atoms with Gasteiger partial charge >= 0.3 is 5.97 Å². The second-order valence-electron chi connectivity index (χ2n) is 13.5. The molecule has 0 atom stereocenters. The molecule has 234 valence electrons. The molecule has 4 aromatic heterocycles. The molecule has 1 aromatic carbocycles. The van der Waals surface area contributed by atoms with Crippen LogP contribution in [0.1, 0.15) is 67.1 Å². The summed E-state index contributed by atoms with van der Waals surface area (Å²) >= 11 is 1.55. The Hall–Kier alpha value is -4.64. The number of carbonyl (C=O) groups is 1. The number of aliphatic imine (C=N–C) groups is 1. The lowest BCUT2D eigenvalue weighted by Crippen LogP contribution is -2.47. The molecule has 4 saturated carbocycles. The van der Waals surface area contributed by atoms with E-state index in [2.05, 4.69) is 25.5 Å². The van der Waals surface area contributed by atoms with Crippen LogP contribution in [-0.4, -0.2) is 48.1 Å². The van der Waals surface area contributed by atoms with Crippen LogP contribution in [0.25, 0.3) is 32.6 Å². The third-order valence-corrected chi connectivity index (χ3v) is 11.3.